The summed E-state index contributed by atoms with van der Waals surface area (Å²) in [6.45, 7) is 2.48. The van der Waals surface area contributed by atoms with Crippen LogP contribution in [-0.4, -0.2) is 43.0 Å². The second-order valence-corrected chi connectivity index (χ2v) is 6.24. The van der Waals surface area contributed by atoms with Crippen LogP contribution < -0.4 is 11.1 Å². The van der Waals surface area contributed by atoms with Gasteiger partial charge >= 0.3 is 0 Å². The van der Waals surface area contributed by atoms with Gasteiger partial charge in [0.05, 0.1) is 19.6 Å². The Morgan fingerprint density at radius 1 is 1.04 bits per heavy atom. The van der Waals surface area contributed by atoms with Gasteiger partial charge in [-0.1, -0.05) is 42.5 Å². The van der Waals surface area contributed by atoms with E-state index in [1.54, 1.807) is 12.1 Å². The van der Waals surface area contributed by atoms with Crippen molar-refractivity contribution in [1.29, 1.82) is 0 Å². The van der Waals surface area contributed by atoms with E-state index >= 15 is 0 Å². The van der Waals surface area contributed by atoms with Gasteiger partial charge in [0.15, 0.2) is 0 Å². The molecule has 1 unspecified atom stereocenters. The van der Waals surface area contributed by atoms with E-state index in [4.69, 9.17) is 10.5 Å². The second kappa shape index (κ2) is 8.60. The van der Waals surface area contributed by atoms with Crippen LogP contribution in [0.15, 0.2) is 54.6 Å². The molecule has 1 fully saturated rings. The van der Waals surface area contributed by atoms with E-state index in [9.17, 15) is 9.59 Å². The summed E-state index contributed by atoms with van der Waals surface area (Å²) >= 11 is 0. The van der Waals surface area contributed by atoms with Crippen LogP contribution in [0.2, 0.25) is 0 Å². The van der Waals surface area contributed by atoms with Crippen molar-refractivity contribution in [2.75, 3.05) is 31.6 Å². The predicted octanol–water partition coefficient (Wildman–Crippen LogP) is 1.73. The highest BCUT2D eigenvalue weighted by Crippen LogP contribution is 2.15. The van der Waals surface area contributed by atoms with Crippen LogP contribution >= 0.6 is 0 Å². The molecule has 0 bridgehead atoms. The highest BCUT2D eigenvalue weighted by Gasteiger charge is 2.18. The van der Waals surface area contributed by atoms with Crippen LogP contribution in [-0.2, 0) is 20.7 Å². The number of nitrogens with zero attached hydrogens (tertiary/aromatic N) is 1. The zero-order chi connectivity index (χ0) is 18.4. The van der Waals surface area contributed by atoms with Crippen LogP contribution in [0.25, 0.3) is 0 Å². The maximum absolute atomic E-state index is 12.3. The van der Waals surface area contributed by atoms with Gasteiger partial charge in [0, 0.05) is 18.8 Å². The molecule has 1 aliphatic rings. The molecule has 1 saturated heterocycles. The monoisotopic (exact) mass is 353 g/mol. The summed E-state index contributed by atoms with van der Waals surface area (Å²) in [4.78, 5) is 26.4. The number of hydrogen-bond acceptors (Lipinski definition) is 4. The van der Waals surface area contributed by atoms with Crippen molar-refractivity contribution in [2.45, 2.75) is 12.5 Å². The summed E-state index contributed by atoms with van der Waals surface area (Å²) in [6.07, 6.45) is 0.345. The predicted molar refractivity (Wildman–Crippen MR) is 99.5 cm³/mol. The van der Waals surface area contributed by atoms with Crippen molar-refractivity contribution in [2.24, 2.45) is 5.73 Å². The lowest BCUT2D eigenvalue weighted by Gasteiger charge is -2.26. The number of carbonyl (C=O) groups is 2. The molecule has 0 saturated carbocycles. The summed E-state index contributed by atoms with van der Waals surface area (Å²) in [5.74, 6) is -0.176. The molecule has 2 aromatic carbocycles. The summed E-state index contributed by atoms with van der Waals surface area (Å²) < 4.78 is 5.26. The lowest BCUT2D eigenvalue weighted by molar-refractivity contribution is -0.134. The fourth-order valence-electron chi connectivity index (χ4n) is 2.84. The van der Waals surface area contributed by atoms with Crippen molar-refractivity contribution in [3.05, 3.63) is 65.7 Å². The zero-order valence-corrected chi connectivity index (χ0v) is 14.6. The molecular formula is C20H23N3O3. The van der Waals surface area contributed by atoms with Crippen LogP contribution in [0.1, 0.15) is 17.2 Å². The number of hydrogen-bond donors (Lipinski definition) is 2. The molecule has 1 heterocycles. The minimum absolute atomic E-state index is 0.0937. The topological polar surface area (TPSA) is 84.7 Å². The molecule has 1 aliphatic heterocycles. The van der Waals surface area contributed by atoms with Gasteiger partial charge in [0.25, 0.3) is 0 Å². The van der Waals surface area contributed by atoms with E-state index in [0.717, 1.165) is 11.1 Å². The first-order chi connectivity index (χ1) is 12.6. The third-order valence-electron chi connectivity index (χ3n) is 4.38. The normalized spacial score (nSPS) is 15.3. The fraction of sp³-hybridized carbons (Fsp3) is 0.300. The highest BCUT2D eigenvalue weighted by atomic mass is 16.5. The summed E-state index contributed by atoms with van der Waals surface area (Å²) in [7, 11) is 0. The number of nitrogens with two attached hydrogens (primary N) is 1. The molecule has 0 aromatic heterocycles. The number of nitrogens with one attached hydrogen (secondary N) is 1. The smallest absolute Gasteiger partial charge is 0.245 e. The van der Waals surface area contributed by atoms with Crippen molar-refractivity contribution in [1.82, 2.24) is 4.90 Å². The van der Waals surface area contributed by atoms with Crippen molar-refractivity contribution in [3.63, 3.8) is 0 Å². The van der Waals surface area contributed by atoms with E-state index < -0.39 is 6.04 Å². The lowest BCUT2D eigenvalue weighted by atomic mass is 10.1. The first kappa shape index (κ1) is 18.1. The Kier molecular flexibility index (Phi) is 5.99. The summed E-state index contributed by atoms with van der Waals surface area (Å²) in [6, 6.07) is 15.8. The van der Waals surface area contributed by atoms with Gasteiger partial charge < -0.3 is 20.7 Å². The van der Waals surface area contributed by atoms with E-state index in [2.05, 4.69) is 5.32 Å². The Hall–Kier alpha value is -2.70. The molecule has 6 nitrogen and oxygen atoms in total. The Bertz CT molecular complexity index is 741. The zero-order valence-electron chi connectivity index (χ0n) is 14.6. The minimum Gasteiger partial charge on any atom is -0.378 e. The van der Waals surface area contributed by atoms with Crippen LogP contribution in [0, 0.1) is 0 Å². The Morgan fingerprint density at radius 3 is 2.35 bits per heavy atom. The van der Waals surface area contributed by atoms with Crippen LogP contribution in [0.3, 0.4) is 0 Å². The SMILES string of the molecule is NC(C(=O)Nc1ccc(CC(=O)N2CCOCC2)cc1)c1ccccc1. The number of ether oxygens (including phenoxy) is 1. The Balaban J connectivity index is 1.55. The van der Waals surface area contributed by atoms with Crippen LogP contribution in [0.5, 0.6) is 0 Å². The molecule has 3 rings (SSSR count). The third kappa shape index (κ3) is 4.68. The number of amides is 2. The fourth-order valence-corrected chi connectivity index (χ4v) is 2.84. The Morgan fingerprint density at radius 2 is 1.69 bits per heavy atom. The molecule has 0 aliphatic carbocycles. The number of anilines is 1. The van der Waals surface area contributed by atoms with Gasteiger partial charge in [0.1, 0.15) is 6.04 Å². The number of morpholine rings is 1. The quantitative estimate of drug-likeness (QED) is 0.857. The largest absolute Gasteiger partial charge is 0.378 e. The average Bonchev–Trinajstić information content (AvgIpc) is 2.70. The van der Waals surface area contributed by atoms with Crippen molar-refractivity contribution in [3.8, 4) is 0 Å². The minimum atomic E-state index is -0.723. The third-order valence-corrected chi connectivity index (χ3v) is 4.38. The molecule has 1 atom stereocenters. The number of rotatable bonds is 5. The number of carbonyl (C=O) groups excluding carboxylic acids is 2. The van der Waals surface area contributed by atoms with Gasteiger partial charge in [-0.3, -0.25) is 9.59 Å². The first-order valence-electron chi connectivity index (χ1n) is 8.69. The standard InChI is InChI=1S/C20H23N3O3/c21-19(16-4-2-1-3-5-16)20(25)22-17-8-6-15(7-9-17)14-18(24)23-10-12-26-13-11-23/h1-9,19H,10-14,21H2,(H,22,25). The molecule has 2 aromatic rings. The van der Waals surface area contributed by atoms with E-state index in [-0.39, 0.29) is 11.8 Å². The second-order valence-electron chi connectivity index (χ2n) is 6.24. The van der Waals surface area contributed by atoms with E-state index in [0.29, 0.717) is 38.4 Å². The molecule has 3 N–H and O–H groups in total. The van der Waals surface area contributed by atoms with Gasteiger partial charge in [-0.15, -0.1) is 0 Å². The molecular weight excluding hydrogens is 330 g/mol. The lowest BCUT2D eigenvalue weighted by Crippen LogP contribution is -2.41. The van der Waals surface area contributed by atoms with Crippen molar-refractivity contribution >= 4 is 17.5 Å². The summed E-state index contributed by atoms with van der Waals surface area (Å²) in [5.41, 5.74) is 8.32. The molecule has 0 spiro atoms. The molecule has 0 radical (unpaired) electrons. The molecule has 26 heavy (non-hydrogen) atoms. The molecule has 6 heteroatoms. The van der Waals surface area contributed by atoms with Crippen LogP contribution in [0.4, 0.5) is 5.69 Å². The van der Waals surface area contributed by atoms with Crippen molar-refractivity contribution < 1.29 is 14.3 Å². The van der Waals surface area contributed by atoms with Gasteiger partial charge in [-0.2, -0.15) is 0 Å². The van der Waals surface area contributed by atoms with Gasteiger partial charge in [-0.25, -0.2) is 0 Å². The van der Waals surface area contributed by atoms with Gasteiger partial charge in [0.2, 0.25) is 11.8 Å². The maximum Gasteiger partial charge on any atom is 0.245 e. The average molecular weight is 353 g/mol. The number of benzene rings is 2. The van der Waals surface area contributed by atoms with Gasteiger partial charge in [-0.05, 0) is 23.3 Å². The Labute approximate surface area is 152 Å². The van der Waals surface area contributed by atoms with E-state index in [1.807, 2.05) is 47.4 Å². The summed E-state index contributed by atoms with van der Waals surface area (Å²) in [5, 5.41) is 2.81. The van der Waals surface area contributed by atoms with E-state index in [1.165, 1.54) is 0 Å². The molecule has 2 amide bonds. The first-order valence-corrected chi connectivity index (χ1v) is 8.69. The maximum atomic E-state index is 12.3. The highest BCUT2D eigenvalue weighted by molar-refractivity contribution is 5.95. The molecule has 136 valence electrons.